The van der Waals surface area contributed by atoms with Gasteiger partial charge < -0.3 is 4.74 Å². The Bertz CT molecular complexity index is 744. The molecule has 0 aliphatic carbocycles. The third-order valence-corrected chi connectivity index (χ3v) is 6.56. The molecule has 0 spiro atoms. The van der Waals surface area contributed by atoms with Crippen LogP contribution in [-0.4, -0.2) is 31.9 Å². The van der Waals surface area contributed by atoms with Crippen LogP contribution >= 0.6 is 0 Å². The minimum atomic E-state index is -3.59. The summed E-state index contributed by atoms with van der Waals surface area (Å²) >= 11 is 0. The fourth-order valence-electron chi connectivity index (χ4n) is 3.10. The minimum Gasteiger partial charge on any atom is -0.496 e. The number of rotatable bonds is 4. The molecule has 1 heterocycles. The molecule has 2 rings (SSSR count). The van der Waals surface area contributed by atoms with Crippen molar-refractivity contribution in [3.05, 3.63) is 22.8 Å². The van der Waals surface area contributed by atoms with Gasteiger partial charge in [-0.1, -0.05) is 19.8 Å². The van der Waals surface area contributed by atoms with E-state index in [4.69, 9.17) is 11.2 Å². The average molecular weight is 321 g/mol. The van der Waals surface area contributed by atoms with Crippen molar-refractivity contribution < 1.29 is 13.2 Å². The Labute approximate surface area is 133 Å². The normalized spacial score (nSPS) is 24.2. The van der Waals surface area contributed by atoms with Gasteiger partial charge >= 0.3 is 0 Å². The van der Waals surface area contributed by atoms with E-state index in [2.05, 4.69) is 5.92 Å². The maximum Gasteiger partial charge on any atom is 0.245 e. The number of terminal acetylenes is 1. The zero-order valence-electron chi connectivity index (χ0n) is 14.0. The predicted octanol–water partition coefficient (Wildman–Crippen LogP) is 2.65. The molecule has 0 N–H and O–H groups in total. The molecule has 0 amide bonds. The van der Waals surface area contributed by atoms with Gasteiger partial charge in [0.25, 0.3) is 0 Å². The lowest BCUT2D eigenvalue weighted by Crippen LogP contribution is -2.20. The molecule has 1 aliphatic heterocycles. The number of hydrogen-bond acceptors (Lipinski definition) is 3. The molecule has 120 valence electrons. The first-order valence-electron chi connectivity index (χ1n) is 7.32. The van der Waals surface area contributed by atoms with Crippen molar-refractivity contribution in [3.63, 3.8) is 0 Å². The van der Waals surface area contributed by atoms with E-state index in [1.807, 2.05) is 27.7 Å². The number of nitrogens with zero attached hydrogens (tertiary/aromatic N) is 1. The molecule has 0 aromatic heterocycles. The highest BCUT2D eigenvalue weighted by atomic mass is 32.2. The molecule has 4 nitrogen and oxygen atoms in total. The second-order valence-electron chi connectivity index (χ2n) is 6.16. The van der Waals surface area contributed by atoms with E-state index in [1.54, 1.807) is 20.1 Å². The molecule has 1 saturated heterocycles. The Balaban J connectivity index is 2.58. The van der Waals surface area contributed by atoms with Crippen LogP contribution in [0.25, 0.3) is 0 Å². The summed E-state index contributed by atoms with van der Waals surface area (Å²) < 4.78 is 32.9. The maximum atomic E-state index is 13.1. The van der Waals surface area contributed by atoms with E-state index < -0.39 is 10.0 Å². The van der Waals surface area contributed by atoms with E-state index in [0.29, 0.717) is 16.2 Å². The monoisotopic (exact) mass is 321 g/mol. The second-order valence-corrected chi connectivity index (χ2v) is 7.94. The lowest BCUT2D eigenvalue weighted by molar-refractivity contribution is 0.410. The Kier molecular flexibility index (Phi) is 4.29. The summed E-state index contributed by atoms with van der Waals surface area (Å²) in [6.45, 7) is 9.46. The van der Waals surface area contributed by atoms with Crippen LogP contribution in [0.2, 0.25) is 0 Å². The molecule has 1 aliphatic rings. The average Bonchev–Trinajstić information content (AvgIpc) is 3.18. The van der Waals surface area contributed by atoms with Crippen molar-refractivity contribution in [1.29, 1.82) is 0 Å². The molecule has 22 heavy (non-hydrogen) atoms. The van der Waals surface area contributed by atoms with Crippen LogP contribution in [0.1, 0.15) is 30.5 Å². The summed E-state index contributed by atoms with van der Waals surface area (Å²) in [5.41, 5.74) is 2.25. The van der Waals surface area contributed by atoms with Gasteiger partial charge in [0.15, 0.2) is 0 Å². The summed E-state index contributed by atoms with van der Waals surface area (Å²) in [7, 11) is -2.01. The topological polar surface area (TPSA) is 46.4 Å². The fraction of sp³-hybridized carbons (Fsp3) is 0.529. The van der Waals surface area contributed by atoms with Crippen molar-refractivity contribution in [3.8, 4) is 18.1 Å². The second kappa shape index (κ2) is 5.60. The van der Waals surface area contributed by atoms with Crippen molar-refractivity contribution in [1.82, 2.24) is 4.31 Å². The van der Waals surface area contributed by atoms with Gasteiger partial charge in [-0.25, -0.2) is 8.42 Å². The van der Waals surface area contributed by atoms with Gasteiger partial charge in [-0.2, -0.15) is 4.31 Å². The molecule has 1 aromatic carbocycles. The summed E-state index contributed by atoms with van der Waals surface area (Å²) in [5, 5.41) is 0. The van der Waals surface area contributed by atoms with E-state index in [-0.39, 0.29) is 18.0 Å². The van der Waals surface area contributed by atoms with Crippen molar-refractivity contribution in [2.75, 3.05) is 7.11 Å². The summed E-state index contributed by atoms with van der Waals surface area (Å²) in [6, 6.07) is 1.32. The highest BCUT2D eigenvalue weighted by Gasteiger charge is 2.56. The largest absolute Gasteiger partial charge is 0.496 e. The van der Waals surface area contributed by atoms with Gasteiger partial charge in [-0.3, -0.25) is 0 Å². The smallest absolute Gasteiger partial charge is 0.245 e. The van der Waals surface area contributed by atoms with Crippen LogP contribution in [0.5, 0.6) is 5.75 Å². The Morgan fingerprint density at radius 2 is 1.86 bits per heavy atom. The van der Waals surface area contributed by atoms with Crippen LogP contribution in [0, 0.1) is 39.0 Å². The Morgan fingerprint density at radius 1 is 1.27 bits per heavy atom. The molecule has 0 saturated carbocycles. The van der Waals surface area contributed by atoms with Gasteiger partial charge in [0.2, 0.25) is 10.0 Å². The van der Waals surface area contributed by atoms with Gasteiger partial charge in [-0.15, -0.1) is 6.42 Å². The van der Waals surface area contributed by atoms with Crippen molar-refractivity contribution in [2.45, 2.75) is 51.6 Å². The number of methoxy groups -OCH3 is 1. The predicted molar refractivity (Wildman–Crippen MR) is 87.5 cm³/mol. The Morgan fingerprint density at radius 3 is 2.27 bits per heavy atom. The molecule has 1 unspecified atom stereocenters. The molecule has 1 aromatic rings. The van der Waals surface area contributed by atoms with Crippen LogP contribution in [-0.2, 0) is 10.0 Å². The lowest BCUT2D eigenvalue weighted by Gasteiger charge is -2.17. The fourth-order valence-corrected chi connectivity index (χ4v) is 5.43. The first kappa shape index (κ1) is 16.9. The number of ether oxygens (including phenoxy) is 1. The highest BCUT2D eigenvalue weighted by molar-refractivity contribution is 7.89. The lowest BCUT2D eigenvalue weighted by atomic mass is 10.1. The highest BCUT2D eigenvalue weighted by Crippen LogP contribution is 2.42. The number of benzene rings is 1. The SMILES string of the molecule is C#C[C@@H]1[C@H](C(C)C)N1S(=O)(=O)c1c(C)cc(OC)c(C)c1C. The molecule has 5 heteroatoms. The zero-order valence-corrected chi connectivity index (χ0v) is 14.8. The van der Waals surface area contributed by atoms with Gasteiger partial charge in [0, 0.05) is 0 Å². The summed E-state index contributed by atoms with van der Waals surface area (Å²) in [5.74, 6) is 3.49. The molecule has 0 bridgehead atoms. The summed E-state index contributed by atoms with van der Waals surface area (Å²) in [4.78, 5) is 0.356. The van der Waals surface area contributed by atoms with Crippen LogP contribution in [0.4, 0.5) is 0 Å². The first-order chi connectivity index (χ1) is 10.2. The maximum absolute atomic E-state index is 13.1. The standard InChI is InChI=1S/C17H23NO3S/c1-8-14-16(10(2)3)18(14)22(19,20)17-11(4)9-15(21-7)12(5)13(17)6/h1,9-10,14,16H,2-7H3/t14-,16+,18?/m1/s1. The van der Waals surface area contributed by atoms with Crippen LogP contribution in [0.15, 0.2) is 11.0 Å². The van der Waals surface area contributed by atoms with E-state index >= 15 is 0 Å². The molecule has 0 radical (unpaired) electrons. The number of aryl methyl sites for hydroxylation is 1. The molecule has 3 atom stereocenters. The third kappa shape index (κ3) is 2.41. The van der Waals surface area contributed by atoms with Gasteiger partial charge in [0.1, 0.15) is 11.8 Å². The first-order valence-corrected chi connectivity index (χ1v) is 8.76. The number of hydrogen-bond donors (Lipinski definition) is 0. The van der Waals surface area contributed by atoms with Crippen LogP contribution < -0.4 is 4.74 Å². The Hall–Kier alpha value is -1.51. The molecule has 1 fully saturated rings. The van der Waals surface area contributed by atoms with E-state index in [1.165, 1.54) is 4.31 Å². The molecular weight excluding hydrogens is 298 g/mol. The van der Waals surface area contributed by atoms with Gasteiger partial charge in [-0.05, 0) is 49.4 Å². The van der Waals surface area contributed by atoms with Crippen molar-refractivity contribution >= 4 is 10.0 Å². The van der Waals surface area contributed by atoms with E-state index in [9.17, 15) is 8.42 Å². The number of sulfonamides is 1. The minimum absolute atomic E-state index is 0.115. The molecular formula is C17H23NO3S. The zero-order chi connectivity index (χ0) is 16.8. The van der Waals surface area contributed by atoms with Crippen molar-refractivity contribution in [2.24, 2.45) is 5.92 Å². The van der Waals surface area contributed by atoms with Gasteiger partial charge in [0.05, 0.1) is 18.0 Å². The summed E-state index contributed by atoms with van der Waals surface area (Å²) in [6.07, 6.45) is 5.50. The van der Waals surface area contributed by atoms with E-state index in [0.717, 1.165) is 11.1 Å². The quantitative estimate of drug-likeness (QED) is 0.633. The van der Waals surface area contributed by atoms with Crippen LogP contribution in [0.3, 0.4) is 0 Å². The third-order valence-electron chi connectivity index (χ3n) is 4.39.